The Labute approximate surface area is 174 Å². The van der Waals surface area contributed by atoms with Crippen LogP contribution in [-0.2, 0) is 0 Å². The molecule has 1 heterocycles. The molecule has 1 N–H and O–H groups in total. The number of ether oxygens (including phenoxy) is 1. The second-order valence-corrected chi connectivity index (χ2v) is 7.95. The van der Waals surface area contributed by atoms with Crippen molar-refractivity contribution in [3.8, 4) is 5.75 Å². The van der Waals surface area contributed by atoms with Crippen LogP contribution in [0.15, 0.2) is 42.5 Å². The molecule has 0 fully saturated rings. The molecule has 0 aliphatic rings. The Bertz CT molecular complexity index is 938. The van der Waals surface area contributed by atoms with Gasteiger partial charge in [0.15, 0.2) is 5.13 Å². The molecule has 148 valence electrons. The predicted octanol–water partition coefficient (Wildman–Crippen LogP) is 3.53. The molecule has 0 saturated heterocycles. The molecule has 2 aromatic carbocycles. The monoisotopic (exact) mass is 418 g/mol. The molecule has 1 amide bonds. The van der Waals surface area contributed by atoms with Crippen LogP contribution in [0.5, 0.6) is 5.75 Å². The van der Waals surface area contributed by atoms with Crippen molar-refractivity contribution in [2.24, 2.45) is 0 Å². The molecule has 0 bridgehead atoms. The van der Waals surface area contributed by atoms with Gasteiger partial charge < -0.3 is 9.64 Å². The number of likely N-dealkylation sites (N-methyl/N-ethyl adjacent to an activating group) is 1. The zero-order chi connectivity index (χ0) is 20.1. The lowest BCUT2D eigenvalue weighted by Crippen LogP contribution is -3.12. The topological polar surface area (TPSA) is 46.9 Å². The zero-order valence-corrected chi connectivity index (χ0v) is 17.9. The summed E-state index contributed by atoms with van der Waals surface area (Å²) in [7, 11) is 1.64. The zero-order valence-electron chi connectivity index (χ0n) is 16.4. The van der Waals surface area contributed by atoms with Gasteiger partial charge in [-0.15, -0.1) is 0 Å². The molecule has 1 aromatic heterocycles. The maximum Gasteiger partial charge on any atom is 0.260 e. The summed E-state index contributed by atoms with van der Waals surface area (Å²) in [6, 6.07) is 12.8. The van der Waals surface area contributed by atoms with E-state index in [1.807, 2.05) is 18.2 Å². The van der Waals surface area contributed by atoms with Gasteiger partial charge in [-0.2, -0.15) is 0 Å². The van der Waals surface area contributed by atoms with Crippen LogP contribution in [0.4, 0.5) is 5.13 Å². The minimum atomic E-state index is -0.0609. The highest BCUT2D eigenvalue weighted by molar-refractivity contribution is 7.22. The Hall–Kier alpha value is -2.15. The first-order valence-corrected chi connectivity index (χ1v) is 10.6. The summed E-state index contributed by atoms with van der Waals surface area (Å²) in [5, 5.41) is 1.32. The molecule has 0 spiro atoms. The average molecular weight is 419 g/mol. The highest BCUT2D eigenvalue weighted by Gasteiger charge is 2.23. The Kier molecular flexibility index (Phi) is 6.88. The number of hydrogen-bond donors (Lipinski definition) is 1. The summed E-state index contributed by atoms with van der Waals surface area (Å²) in [6.07, 6.45) is 0. The minimum Gasteiger partial charge on any atom is -0.497 e. The van der Waals surface area contributed by atoms with Crippen molar-refractivity contribution >= 4 is 44.2 Å². The molecular weight excluding hydrogens is 394 g/mol. The molecule has 0 aliphatic carbocycles. The van der Waals surface area contributed by atoms with Crippen LogP contribution in [0.25, 0.3) is 10.2 Å². The molecule has 0 atom stereocenters. The molecule has 0 aliphatic heterocycles. The van der Waals surface area contributed by atoms with Gasteiger partial charge in [0, 0.05) is 16.7 Å². The number of carbonyl (C=O) groups is 1. The smallest absolute Gasteiger partial charge is 0.260 e. The fourth-order valence-electron chi connectivity index (χ4n) is 3.04. The van der Waals surface area contributed by atoms with Gasteiger partial charge >= 0.3 is 0 Å². The Balaban J connectivity index is 1.94. The van der Waals surface area contributed by atoms with Gasteiger partial charge in [-0.1, -0.05) is 22.9 Å². The highest BCUT2D eigenvalue weighted by atomic mass is 35.5. The molecule has 28 heavy (non-hydrogen) atoms. The molecule has 7 heteroatoms. The van der Waals surface area contributed by atoms with E-state index < -0.39 is 0 Å². The van der Waals surface area contributed by atoms with Gasteiger partial charge in [0.05, 0.1) is 43.5 Å². The minimum absolute atomic E-state index is 0.0609. The maximum atomic E-state index is 13.3. The van der Waals surface area contributed by atoms with Crippen molar-refractivity contribution in [3.05, 3.63) is 53.1 Å². The largest absolute Gasteiger partial charge is 0.497 e. The number of rotatable bonds is 8. The fraction of sp³-hybridized carbons (Fsp3) is 0.333. The number of benzene rings is 2. The molecule has 3 aromatic rings. The third-order valence-electron chi connectivity index (χ3n) is 4.84. The number of carbonyl (C=O) groups excluding carboxylic acids is 1. The van der Waals surface area contributed by atoms with Gasteiger partial charge in [-0.25, -0.2) is 4.98 Å². The summed E-state index contributed by atoms with van der Waals surface area (Å²) < 4.78 is 6.32. The van der Waals surface area contributed by atoms with Crippen molar-refractivity contribution in [1.29, 1.82) is 0 Å². The van der Waals surface area contributed by atoms with E-state index in [0.29, 0.717) is 22.3 Å². The molecule has 0 radical (unpaired) electrons. The SMILES string of the molecule is CC[NH+](CC)CCN(C(=O)c1ccc(Cl)cc1)c1nc2cc(OC)ccc2s1. The van der Waals surface area contributed by atoms with Gasteiger partial charge in [-0.05, 0) is 50.2 Å². The normalized spacial score (nSPS) is 11.2. The third kappa shape index (κ3) is 4.63. The van der Waals surface area contributed by atoms with Gasteiger partial charge in [0.2, 0.25) is 0 Å². The van der Waals surface area contributed by atoms with Crippen LogP contribution < -0.4 is 14.5 Å². The summed E-state index contributed by atoms with van der Waals surface area (Å²) in [6.45, 7) is 7.84. The third-order valence-corrected chi connectivity index (χ3v) is 6.15. The summed E-state index contributed by atoms with van der Waals surface area (Å²) in [5.74, 6) is 0.696. The van der Waals surface area contributed by atoms with E-state index in [4.69, 9.17) is 21.3 Å². The van der Waals surface area contributed by atoms with E-state index in [9.17, 15) is 4.79 Å². The molecule has 5 nitrogen and oxygen atoms in total. The second-order valence-electron chi connectivity index (χ2n) is 6.50. The van der Waals surface area contributed by atoms with Gasteiger partial charge in [0.1, 0.15) is 5.75 Å². The lowest BCUT2D eigenvalue weighted by Gasteiger charge is -2.23. The Morgan fingerprint density at radius 1 is 1.18 bits per heavy atom. The Morgan fingerprint density at radius 3 is 2.54 bits per heavy atom. The standard InChI is InChI=1S/C21H24ClN3O2S/c1-4-24(5-2)12-13-25(20(26)15-6-8-16(22)9-7-15)21-23-18-14-17(27-3)10-11-19(18)28-21/h6-11,14H,4-5,12-13H2,1-3H3/p+1. The van der Waals surface area contributed by atoms with Crippen LogP contribution in [0.1, 0.15) is 24.2 Å². The number of hydrogen-bond acceptors (Lipinski definition) is 4. The molecule has 0 saturated carbocycles. The number of nitrogens with zero attached hydrogens (tertiary/aromatic N) is 2. The van der Waals surface area contributed by atoms with Crippen LogP contribution in [0.2, 0.25) is 5.02 Å². The van der Waals surface area contributed by atoms with Crippen LogP contribution in [0, 0.1) is 0 Å². The van der Waals surface area contributed by atoms with Crippen molar-refractivity contribution in [2.45, 2.75) is 13.8 Å². The lowest BCUT2D eigenvalue weighted by molar-refractivity contribution is -0.894. The summed E-state index contributed by atoms with van der Waals surface area (Å²) in [4.78, 5) is 21.2. The van der Waals surface area contributed by atoms with Crippen LogP contribution >= 0.6 is 22.9 Å². The first-order chi connectivity index (χ1) is 13.5. The first-order valence-electron chi connectivity index (χ1n) is 9.41. The highest BCUT2D eigenvalue weighted by Crippen LogP contribution is 2.31. The van der Waals surface area contributed by atoms with E-state index in [0.717, 1.165) is 35.6 Å². The molecule has 0 unspecified atom stereocenters. The van der Waals surface area contributed by atoms with E-state index >= 15 is 0 Å². The Morgan fingerprint density at radius 2 is 1.89 bits per heavy atom. The number of aromatic nitrogens is 1. The molecule has 3 rings (SSSR count). The number of thiazole rings is 1. The van der Waals surface area contributed by atoms with Gasteiger partial charge in [-0.3, -0.25) is 9.69 Å². The van der Waals surface area contributed by atoms with Crippen molar-refractivity contribution in [2.75, 3.05) is 38.2 Å². The van der Waals surface area contributed by atoms with Crippen LogP contribution in [-0.4, -0.2) is 44.2 Å². The van der Waals surface area contributed by atoms with Crippen molar-refractivity contribution in [1.82, 2.24) is 4.98 Å². The maximum absolute atomic E-state index is 13.3. The predicted molar refractivity (Wildman–Crippen MR) is 116 cm³/mol. The van der Waals surface area contributed by atoms with E-state index in [1.165, 1.54) is 16.2 Å². The number of fused-ring (bicyclic) bond motifs is 1. The number of amides is 1. The van der Waals surface area contributed by atoms with E-state index in [1.54, 1.807) is 36.3 Å². The van der Waals surface area contributed by atoms with Crippen molar-refractivity contribution in [3.63, 3.8) is 0 Å². The van der Waals surface area contributed by atoms with E-state index in [-0.39, 0.29) is 5.91 Å². The van der Waals surface area contributed by atoms with Gasteiger partial charge in [0.25, 0.3) is 5.91 Å². The number of halogens is 1. The van der Waals surface area contributed by atoms with E-state index in [2.05, 4.69) is 13.8 Å². The summed E-state index contributed by atoms with van der Waals surface area (Å²) in [5.41, 5.74) is 1.44. The van der Waals surface area contributed by atoms with Crippen molar-refractivity contribution < 1.29 is 14.4 Å². The second kappa shape index (κ2) is 9.37. The number of quaternary nitrogens is 1. The lowest BCUT2D eigenvalue weighted by atomic mass is 10.2. The number of anilines is 1. The summed E-state index contributed by atoms with van der Waals surface area (Å²) >= 11 is 7.51. The first kappa shape index (κ1) is 20.6. The fourth-order valence-corrected chi connectivity index (χ4v) is 4.14. The number of methoxy groups -OCH3 is 1. The molecular formula is C21H25ClN3O2S+. The average Bonchev–Trinajstić information content (AvgIpc) is 3.14. The van der Waals surface area contributed by atoms with Crippen LogP contribution in [0.3, 0.4) is 0 Å². The quantitative estimate of drug-likeness (QED) is 0.608. The number of nitrogens with one attached hydrogen (secondary N) is 1.